The van der Waals surface area contributed by atoms with Crippen molar-refractivity contribution in [3.05, 3.63) is 11.6 Å². The molecule has 0 aromatic heterocycles. The normalized spacial score (nSPS) is 28.4. The lowest BCUT2D eigenvalue weighted by atomic mass is 9.87. The second kappa shape index (κ2) is 7.54. The van der Waals surface area contributed by atoms with Crippen LogP contribution in [-0.2, 0) is 9.53 Å². The van der Waals surface area contributed by atoms with Crippen molar-refractivity contribution in [1.82, 2.24) is 0 Å². The fourth-order valence-electron chi connectivity index (χ4n) is 2.66. The molecule has 4 nitrogen and oxygen atoms in total. The molecule has 3 atom stereocenters. The van der Waals surface area contributed by atoms with Crippen molar-refractivity contribution in [3.63, 3.8) is 0 Å². The molecule has 18 heavy (non-hydrogen) atoms. The van der Waals surface area contributed by atoms with Gasteiger partial charge >= 0.3 is 5.97 Å². The SMILES string of the molecule is CCCC/C=C(\C(=O)OC)C1C(O)CCC1CO. The van der Waals surface area contributed by atoms with E-state index in [9.17, 15) is 15.0 Å². The van der Waals surface area contributed by atoms with E-state index in [-0.39, 0.29) is 24.4 Å². The summed E-state index contributed by atoms with van der Waals surface area (Å²) >= 11 is 0. The van der Waals surface area contributed by atoms with Crippen LogP contribution in [0.2, 0.25) is 0 Å². The van der Waals surface area contributed by atoms with Crippen LogP contribution in [0.3, 0.4) is 0 Å². The second-order valence-electron chi connectivity index (χ2n) is 4.91. The number of rotatable bonds is 6. The van der Waals surface area contributed by atoms with Gasteiger partial charge in [0.05, 0.1) is 13.2 Å². The van der Waals surface area contributed by atoms with E-state index >= 15 is 0 Å². The van der Waals surface area contributed by atoms with Crippen LogP contribution in [0.25, 0.3) is 0 Å². The number of unbranched alkanes of at least 4 members (excludes halogenated alkanes) is 2. The zero-order valence-corrected chi connectivity index (χ0v) is 11.3. The standard InChI is InChI=1S/C14H24O4/c1-3-4-5-6-11(14(17)18-2)13-10(9-15)7-8-12(13)16/h6,10,12-13,15-16H,3-5,7-9H2,1-2H3/b11-6-. The second-order valence-corrected chi connectivity index (χ2v) is 4.91. The molecule has 3 unspecified atom stereocenters. The Kier molecular flexibility index (Phi) is 6.36. The summed E-state index contributed by atoms with van der Waals surface area (Å²) in [5, 5.41) is 19.3. The highest BCUT2D eigenvalue weighted by Crippen LogP contribution is 2.37. The number of hydrogen-bond donors (Lipinski definition) is 2. The number of carbonyl (C=O) groups excluding carboxylic acids is 1. The quantitative estimate of drug-likeness (QED) is 0.431. The number of ether oxygens (including phenoxy) is 1. The van der Waals surface area contributed by atoms with Crippen molar-refractivity contribution in [2.75, 3.05) is 13.7 Å². The fraction of sp³-hybridized carbons (Fsp3) is 0.786. The minimum atomic E-state index is -0.547. The third-order valence-corrected chi connectivity index (χ3v) is 3.69. The van der Waals surface area contributed by atoms with Crippen LogP contribution in [0.4, 0.5) is 0 Å². The van der Waals surface area contributed by atoms with Gasteiger partial charge in [-0.15, -0.1) is 0 Å². The maximum atomic E-state index is 11.8. The van der Waals surface area contributed by atoms with Crippen LogP contribution < -0.4 is 0 Å². The van der Waals surface area contributed by atoms with Crippen molar-refractivity contribution in [1.29, 1.82) is 0 Å². The van der Waals surface area contributed by atoms with Gasteiger partial charge in [-0.1, -0.05) is 25.8 Å². The predicted octanol–water partition coefficient (Wildman–Crippen LogP) is 1.66. The lowest BCUT2D eigenvalue weighted by Crippen LogP contribution is -2.28. The number of allylic oxidation sites excluding steroid dienone is 1. The van der Waals surface area contributed by atoms with Crippen molar-refractivity contribution in [3.8, 4) is 0 Å². The third-order valence-electron chi connectivity index (χ3n) is 3.69. The molecule has 0 aromatic carbocycles. The maximum Gasteiger partial charge on any atom is 0.333 e. The first-order valence-corrected chi connectivity index (χ1v) is 6.73. The summed E-state index contributed by atoms with van der Waals surface area (Å²) in [4.78, 5) is 11.8. The summed E-state index contributed by atoms with van der Waals surface area (Å²) in [6.07, 6.45) is 5.59. The highest BCUT2D eigenvalue weighted by atomic mass is 16.5. The number of methoxy groups -OCH3 is 1. The van der Waals surface area contributed by atoms with E-state index in [1.165, 1.54) is 7.11 Å². The average molecular weight is 256 g/mol. The molecule has 0 amide bonds. The Morgan fingerprint density at radius 2 is 2.17 bits per heavy atom. The summed E-state index contributed by atoms with van der Waals surface area (Å²) in [7, 11) is 1.35. The minimum absolute atomic E-state index is 0.00381. The summed E-state index contributed by atoms with van der Waals surface area (Å²) in [5.74, 6) is -0.693. The van der Waals surface area contributed by atoms with Crippen LogP contribution in [0, 0.1) is 11.8 Å². The molecule has 2 N–H and O–H groups in total. The Morgan fingerprint density at radius 1 is 1.44 bits per heavy atom. The van der Waals surface area contributed by atoms with Gasteiger partial charge in [-0.2, -0.15) is 0 Å². The Bertz CT molecular complexity index is 298. The highest BCUT2D eigenvalue weighted by Gasteiger charge is 2.39. The molecule has 1 aliphatic rings. The van der Waals surface area contributed by atoms with Crippen molar-refractivity contribution in [2.24, 2.45) is 11.8 Å². The first kappa shape index (κ1) is 15.2. The number of aliphatic hydroxyl groups excluding tert-OH is 2. The smallest absolute Gasteiger partial charge is 0.333 e. The molecule has 1 fully saturated rings. The van der Waals surface area contributed by atoms with Crippen LogP contribution >= 0.6 is 0 Å². The fourth-order valence-corrected chi connectivity index (χ4v) is 2.66. The summed E-state index contributed by atoms with van der Waals surface area (Å²) in [6.45, 7) is 2.09. The van der Waals surface area contributed by atoms with E-state index in [4.69, 9.17) is 4.74 Å². The van der Waals surface area contributed by atoms with Gasteiger partial charge in [-0.25, -0.2) is 4.79 Å². The number of hydrogen-bond acceptors (Lipinski definition) is 4. The van der Waals surface area contributed by atoms with Crippen LogP contribution in [0.5, 0.6) is 0 Å². The minimum Gasteiger partial charge on any atom is -0.466 e. The Morgan fingerprint density at radius 3 is 2.72 bits per heavy atom. The molecule has 0 radical (unpaired) electrons. The molecule has 1 rings (SSSR count). The van der Waals surface area contributed by atoms with E-state index in [1.807, 2.05) is 6.08 Å². The van der Waals surface area contributed by atoms with E-state index in [0.29, 0.717) is 12.0 Å². The zero-order valence-electron chi connectivity index (χ0n) is 11.3. The van der Waals surface area contributed by atoms with Gasteiger partial charge in [-0.05, 0) is 25.2 Å². The first-order valence-electron chi connectivity index (χ1n) is 6.73. The summed E-state index contributed by atoms with van der Waals surface area (Å²) in [5.41, 5.74) is 0.537. The molecule has 0 saturated heterocycles. The third kappa shape index (κ3) is 3.56. The number of carbonyl (C=O) groups is 1. The van der Waals surface area contributed by atoms with E-state index in [1.54, 1.807) is 0 Å². The van der Waals surface area contributed by atoms with Crippen LogP contribution in [0.1, 0.15) is 39.0 Å². The zero-order chi connectivity index (χ0) is 13.5. The molecule has 4 heteroatoms. The van der Waals surface area contributed by atoms with Crippen molar-refractivity contribution in [2.45, 2.75) is 45.1 Å². The van der Waals surface area contributed by atoms with Gasteiger partial charge in [0.15, 0.2) is 0 Å². The maximum absolute atomic E-state index is 11.8. The van der Waals surface area contributed by atoms with E-state index < -0.39 is 6.10 Å². The van der Waals surface area contributed by atoms with Crippen LogP contribution in [-0.4, -0.2) is 36.0 Å². The van der Waals surface area contributed by atoms with Gasteiger partial charge in [0.25, 0.3) is 0 Å². The Balaban J connectivity index is 2.86. The molecule has 1 saturated carbocycles. The van der Waals surface area contributed by atoms with Crippen LogP contribution in [0.15, 0.2) is 11.6 Å². The lowest BCUT2D eigenvalue weighted by Gasteiger charge is -2.22. The summed E-state index contributed by atoms with van der Waals surface area (Å²) < 4.78 is 4.80. The molecular weight excluding hydrogens is 232 g/mol. The predicted molar refractivity (Wildman–Crippen MR) is 68.9 cm³/mol. The molecule has 0 bridgehead atoms. The molecule has 0 spiro atoms. The van der Waals surface area contributed by atoms with Crippen molar-refractivity contribution >= 4 is 5.97 Å². The topological polar surface area (TPSA) is 66.8 Å². The first-order chi connectivity index (χ1) is 8.65. The van der Waals surface area contributed by atoms with Crippen molar-refractivity contribution < 1.29 is 19.7 Å². The largest absolute Gasteiger partial charge is 0.466 e. The van der Waals surface area contributed by atoms with Gasteiger partial charge in [0, 0.05) is 18.1 Å². The number of aliphatic hydroxyl groups is 2. The van der Waals surface area contributed by atoms with E-state index in [2.05, 4.69) is 6.92 Å². The molecule has 0 heterocycles. The van der Waals surface area contributed by atoms with Gasteiger partial charge in [0.2, 0.25) is 0 Å². The summed E-state index contributed by atoms with van der Waals surface area (Å²) in [6, 6.07) is 0. The van der Waals surface area contributed by atoms with Gasteiger partial charge < -0.3 is 14.9 Å². The monoisotopic (exact) mass is 256 g/mol. The Hall–Kier alpha value is -0.870. The van der Waals surface area contributed by atoms with Gasteiger partial charge in [0.1, 0.15) is 0 Å². The molecular formula is C14H24O4. The van der Waals surface area contributed by atoms with E-state index in [0.717, 1.165) is 25.7 Å². The molecule has 0 aliphatic heterocycles. The molecule has 1 aliphatic carbocycles. The van der Waals surface area contributed by atoms with Gasteiger partial charge in [-0.3, -0.25) is 0 Å². The lowest BCUT2D eigenvalue weighted by molar-refractivity contribution is -0.137. The molecule has 104 valence electrons. The average Bonchev–Trinajstić information content (AvgIpc) is 2.75. The highest BCUT2D eigenvalue weighted by molar-refractivity contribution is 5.89. The Labute approximate surface area is 109 Å². The molecule has 0 aromatic rings. The number of esters is 1.